The molecule has 0 amide bonds. The van der Waals surface area contributed by atoms with Crippen molar-refractivity contribution in [2.45, 2.75) is 11.8 Å². The quantitative estimate of drug-likeness (QED) is 0.691. The number of hydrogen-bond acceptors (Lipinski definition) is 6. The number of hydrogen-bond donors (Lipinski definition) is 0. The fourth-order valence-electron chi connectivity index (χ4n) is 2.82. The summed E-state index contributed by atoms with van der Waals surface area (Å²) in [5.74, 6) is -0.555. The Hall–Kier alpha value is -2.04. The lowest BCUT2D eigenvalue weighted by Gasteiger charge is -2.33. The summed E-state index contributed by atoms with van der Waals surface area (Å²) in [4.78, 5) is 7.24. The van der Waals surface area contributed by atoms with Crippen LogP contribution in [0.5, 0.6) is 0 Å². The van der Waals surface area contributed by atoms with Crippen LogP contribution in [0.1, 0.15) is 5.69 Å². The first-order valence-electron chi connectivity index (χ1n) is 7.77. The van der Waals surface area contributed by atoms with Crippen molar-refractivity contribution in [1.29, 1.82) is 0 Å². The highest BCUT2D eigenvalue weighted by molar-refractivity contribution is 7.89. The minimum atomic E-state index is -3.68. The molecule has 1 saturated heterocycles. The van der Waals surface area contributed by atoms with E-state index in [-0.39, 0.29) is 4.90 Å². The Kier molecular flexibility index (Phi) is 3.97. The molecule has 1 fully saturated rings. The Morgan fingerprint density at radius 3 is 2.64 bits per heavy atom. The van der Waals surface area contributed by atoms with E-state index in [1.54, 1.807) is 4.52 Å². The number of anilines is 1. The number of benzene rings is 1. The van der Waals surface area contributed by atoms with Crippen molar-refractivity contribution in [3.05, 3.63) is 42.0 Å². The molecule has 0 unspecified atom stereocenters. The fraction of sp³-hybridized carbons (Fsp3) is 0.333. The number of halogens is 1. The summed E-state index contributed by atoms with van der Waals surface area (Å²) in [7, 11) is -3.68. The van der Waals surface area contributed by atoms with Crippen LogP contribution >= 0.6 is 11.3 Å². The SMILES string of the molecule is Cc1cn2nc(N3CCN(S(=O)(=O)c4cccc(F)c4)CC3)sc2n1. The van der Waals surface area contributed by atoms with Crippen LogP contribution in [0.25, 0.3) is 4.96 Å². The van der Waals surface area contributed by atoms with Gasteiger partial charge in [0.05, 0.1) is 16.8 Å². The summed E-state index contributed by atoms with van der Waals surface area (Å²) < 4.78 is 41.7. The van der Waals surface area contributed by atoms with Crippen LogP contribution < -0.4 is 4.90 Å². The zero-order valence-electron chi connectivity index (χ0n) is 13.5. The van der Waals surface area contributed by atoms with E-state index in [9.17, 15) is 12.8 Å². The lowest BCUT2D eigenvalue weighted by atomic mass is 10.4. The van der Waals surface area contributed by atoms with Gasteiger partial charge in [-0.2, -0.15) is 4.31 Å². The average molecular weight is 381 g/mol. The van der Waals surface area contributed by atoms with Gasteiger partial charge in [0.2, 0.25) is 20.1 Å². The highest BCUT2D eigenvalue weighted by Gasteiger charge is 2.29. The predicted octanol–water partition coefficient (Wildman–Crippen LogP) is 1.75. The third kappa shape index (κ3) is 3.00. The second-order valence-electron chi connectivity index (χ2n) is 5.84. The van der Waals surface area contributed by atoms with E-state index in [4.69, 9.17) is 0 Å². The number of rotatable bonds is 3. The summed E-state index contributed by atoms with van der Waals surface area (Å²) in [5, 5.41) is 5.32. The summed E-state index contributed by atoms with van der Waals surface area (Å²) in [6.45, 7) is 3.64. The third-order valence-corrected chi connectivity index (χ3v) is 6.97. The Labute approximate surface area is 148 Å². The first kappa shape index (κ1) is 16.4. The van der Waals surface area contributed by atoms with E-state index in [2.05, 4.69) is 10.1 Å². The smallest absolute Gasteiger partial charge is 0.243 e. The van der Waals surface area contributed by atoms with E-state index in [0.29, 0.717) is 26.2 Å². The lowest BCUT2D eigenvalue weighted by molar-refractivity contribution is 0.384. The molecule has 3 aromatic rings. The van der Waals surface area contributed by atoms with Gasteiger partial charge in [-0.15, -0.1) is 5.10 Å². The molecule has 0 radical (unpaired) electrons. The summed E-state index contributed by atoms with van der Waals surface area (Å²) >= 11 is 1.48. The van der Waals surface area contributed by atoms with Gasteiger partial charge in [-0.25, -0.2) is 22.3 Å². The van der Waals surface area contributed by atoms with Gasteiger partial charge in [0.15, 0.2) is 0 Å². The molecule has 0 atom stereocenters. The number of piperazine rings is 1. The second kappa shape index (κ2) is 6.04. The lowest BCUT2D eigenvalue weighted by Crippen LogP contribution is -2.48. The van der Waals surface area contributed by atoms with Crippen molar-refractivity contribution in [2.75, 3.05) is 31.1 Å². The van der Waals surface area contributed by atoms with E-state index in [1.807, 2.05) is 18.0 Å². The summed E-state index contributed by atoms with van der Waals surface area (Å²) in [6.07, 6.45) is 1.86. The second-order valence-corrected chi connectivity index (χ2v) is 8.71. The minimum absolute atomic E-state index is 0.0101. The number of aromatic nitrogens is 3. The van der Waals surface area contributed by atoms with Gasteiger partial charge in [0, 0.05) is 26.2 Å². The summed E-state index contributed by atoms with van der Waals surface area (Å²) in [5.41, 5.74) is 0.913. The topological polar surface area (TPSA) is 70.8 Å². The van der Waals surface area contributed by atoms with Gasteiger partial charge in [0.25, 0.3) is 0 Å². The Bertz CT molecular complexity index is 990. The van der Waals surface area contributed by atoms with Gasteiger partial charge < -0.3 is 4.90 Å². The minimum Gasteiger partial charge on any atom is -0.344 e. The largest absolute Gasteiger partial charge is 0.344 e. The molecule has 0 aliphatic carbocycles. The molecule has 7 nitrogen and oxygen atoms in total. The molecule has 3 heterocycles. The Morgan fingerprint density at radius 2 is 1.96 bits per heavy atom. The van der Waals surface area contributed by atoms with Crippen LogP contribution in [-0.4, -0.2) is 53.5 Å². The van der Waals surface area contributed by atoms with Crippen molar-refractivity contribution < 1.29 is 12.8 Å². The molecule has 25 heavy (non-hydrogen) atoms. The van der Waals surface area contributed by atoms with Crippen LogP contribution in [0.4, 0.5) is 9.52 Å². The molecule has 0 spiro atoms. The maximum absolute atomic E-state index is 13.3. The van der Waals surface area contributed by atoms with Crippen LogP contribution in [-0.2, 0) is 10.0 Å². The number of sulfonamides is 1. The molecule has 2 aromatic heterocycles. The van der Waals surface area contributed by atoms with Crippen LogP contribution in [0.3, 0.4) is 0 Å². The number of aryl methyl sites for hydroxylation is 1. The molecule has 0 bridgehead atoms. The molecule has 4 rings (SSSR count). The Morgan fingerprint density at radius 1 is 1.20 bits per heavy atom. The van der Waals surface area contributed by atoms with Crippen molar-refractivity contribution in [3.63, 3.8) is 0 Å². The van der Waals surface area contributed by atoms with Crippen LogP contribution in [0.15, 0.2) is 35.4 Å². The molecule has 1 aromatic carbocycles. The normalized spacial score (nSPS) is 16.6. The average Bonchev–Trinajstić information content (AvgIpc) is 3.12. The molecular formula is C15H16FN5O2S2. The van der Waals surface area contributed by atoms with Crippen molar-refractivity contribution in [3.8, 4) is 0 Å². The monoisotopic (exact) mass is 381 g/mol. The summed E-state index contributed by atoms with van der Waals surface area (Å²) in [6, 6.07) is 5.12. The maximum Gasteiger partial charge on any atom is 0.243 e. The van der Waals surface area contributed by atoms with E-state index in [1.165, 1.54) is 33.8 Å². The number of imidazole rings is 1. The van der Waals surface area contributed by atoms with E-state index >= 15 is 0 Å². The highest BCUT2D eigenvalue weighted by Crippen LogP contribution is 2.25. The number of nitrogens with zero attached hydrogens (tertiary/aromatic N) is 5. The van der Waals surface area contributed by atoms with Gasteiger partial charge in [0.1, 0.15) is 5.82 Å². The van der Waals surface area contributed by atoms with Gasteiger partial charge in [-0.05, 0) is 25.1 Å². The molecule has 10 heteroatoms. The van der Waals surface area contributed by atoms with Crippen molar-refractivity contribution in [1.82, 2.24) is 18.9 Å². The standard InChI is InChI=1S/C15H16FN5O2S2/c1-11-10-21-14(17-11)24-15(18-21)19-5-7-20(8-6-19)25(22,23)13-4-2-3-12(16)9-13/h2-4,9-10H,5-8H2,1H3. The zero-order valence-corrected chi connectivity index (χ0v) is 15.1. The van der Waals surface area contributed by atoms with Gasteiger partial charge in [-0.1, -0.05) is 17.4 Å². The molecule has 1 aliphatic rings. The van der Waals surface area contributed by atoms with Crippen LogP contribution in [0, 0.1) is 12.7 Å². The predicted molar refractivity (Wildman–Crippen MR) is 93.0 cm³/mol. The first-order valence-corrected chi connectivity index (χ1v) is 10.0. The first-order chi connectivity index (χ1) is 11.9. The zero-order chi connectivity index (χ0) is 17.6. The maximum atomic E-state index is 13.3. The van der Waals surface area contributed by atoms with Crippen molar-refractivity contribution in [2.24, 2.45) is 0 Å². The third-order valence-electron chi connectivity index (χ3n) is 4.10. The molecule has 1 aliphatic heterocycles. The van der Waals surface area contributed by atoms with E-state index in [0.717, 1.165) is 21.9 Å². The molecular weight excluding hydrogens is 365 g/mol. The Balaban J connectivity index is 1.49. The van der Waals surface area contributed by atoms with Crippen molar-refractivity contribution >= 4 is 31.5 Å². The number of fused-ring (bicyclic) bond motifs is 1. The molecule has 0 N–H and O–H groups in total. The highest BCUT2D eigenvalue weighted by atomic mass is 32.2. The van der Waals surface area contributed by atoms with Crippen LogP contribution in [0.2, 0.25) is 0 Å². The molecule has 132 valence electrons. The fourth-order valence-corrected chi connectivity index (χ4v) is 5.26. The molecule has 0 saturated carbocycles. The van der Waals surface area contributed by atoms with E-state index < -0.39 is 15.8 Å². The van der Waals surface area contributed by atoms with Gasteiger partial charge >= 0.3 is 0 Å². The van der Waals surface area contributed by atoms with Gasteiger partial charge in [-0.3, -0.25) is 0 Å².